The van der Waals surface area contributed by atoms with Gasteiger partial charge in [0.2, 0.25) is 0 Å². The average Bonchev–Trinajstić information content (AvgIpc) is 2.16. The molecule has 0 aliphatic carbocycles. The van der Waals surface area contributed by atoms with Crippen molar-refractivity contribution in [3.8, 4) is 0 Å². The highest BCUT2D eigenvalue weighted by Crippen LogP contribution is 2.13. The number of benzene rings is 1. The van der Waals surface area contributed by atoms with Crippen LogP contribution < -0.4 is 0 Å². The van der Waals surface area contributed by atoms with Gasteiger partial charge >= 0.3 is 0 Å². The van der Waals surface area contributed by atoms with Gasteiger partial charge in [0.05, 0.1) is 5.75 Å². The summed E-state index contributed by atoms with van der Waals surface area (Å²) in [5.74, 6) is -0.695. The normalized spacial score (nSPS) is 11.4. The first-order valence-electron chi connectivity index (χ1n) is 4.94. The molecule has 0 saturated carbocycles. The van der Waals surface area contributed by atoms with E-state index in [0.29, 0.717) is 12.0 Å². The summed E-state index contributed by atoms with van der Waals surface area (Å²) in [4.78, 5) is 11.7. The molecule has 1 rings (SSSR count). The van der Waals surface area contributed by atoms with Gasteiger partial charge in [0.15, 0.2) is 15.6 Å². The van der Waals surface area contributed by atoms with Crippen molar-refractivity contribution in [1.29, 1.82) is 0 Å². The van der Waals surface area contributed by atoms with Crippen molar-refractivity contribution in [3.63, 3.8) is 0 Å². The Hall–Kier alpha value is -0.680. The molecule has 3 nitrogen and oxygen atoms in total. The van der Waals surface area contributed by atoms with Crippen LogP contribution in [-0.2, 0) is 9.84 Å². The van der Waals surface area contributed by atoms with Gasteiger partial charge < -0.3 is 0 Å². The second kappa shape index (κ2) is 5.59. The minimum atomic E-state index is -3.26. The van der Waals surface area contributed by atoms with Gasteiger partial charge in [0.25, 0.3) is 0 Å². The maximum atomic E-state index is 11.7. The zero-order valence-electron chi connectivity index (χ0n) is 8.94. The second-order valence-electron chi connectivity index (χ2n) is 3.53. The Morgan fingerprint density at radius 1 is 1.38 bits per heavy atom. The van der Waals surface area contributed by atoms with Crippen molar-refractivity contribution >= 4 is 31.6 Å². The van der Waals surface area contributed by atoms with E-state index in [1.165, 1.54) is 0 Å². The molecule has 5 heteroatoms. The molecule has 0 N–H and O–H groups in total. The number of carbonyl (C=O) groups is 1. The van der Waals surface area contributed by atoms with Crippen LogP contribution in [0.5, 0.6) is 0 Å². The Morgan fingerprint density at radius 3 is 2.62 bits per heavy atom. The van der Waals surface area contributed by atoms with Crippen LogP contribution in [-0.4, -0.2) is 25.7 Å². The maximum absolute atomic E-state index is 11.7. The standard InChI is InChI=1S/C11H13BrO3S/c1-2-6-16(14,15)8-11(13)9-4-3-5-10(12)7-9/h3-5,7H,2,6,8H2,1H3. The van der Waals surface area contributed by atoms with Gasteiger partial charge in [-0.1, -0.05) is 35.0 Å². The van der Waals surface area contributed by atoms with Gasteiger partial charge in [-0.2, -0.15) is 0 Å². The van der Waals surface area contributed by atoms with Gasteiger partial charge in [-0.25, -0.2) is 8.42 Å². The summed E-state index contributed by atoms with van der Waals surface area (Å²) in [6.45, 7) is 1.78. The van der Waals surface area contributed by atoms with E-state index in [9.17, 15) is 13.2 Å². The van der Waals surface area contributed by atoms with Crippen LogP contribution in [0.4, 0.5) is 0 Å². The third-order valence-electron chi connectivity index (χ3n) is 2.01. The highest BCUT2D eigenvalue weighted by Gasteiger charge is 2.16. The zero-order valence-corrected chi connectivity index (χ0v) is 11.3. The molecule has 0 saturated heterocycles. The fraction of sp³-hybridized carbons (Fsp3) is 0.364. The molecular formula is C11H13BrO3S. The molecule has 0 unspecified atom stereocenters. The highest BCUT2D eigenvalue weighted by molar-refractivity contribution is 9.10. The first kappa shape index (κ1) is 13.4. The molecule has 88 valence electrons. The molecule has 16 heavy (non-hydrogen) atoms. The van der Waals surface area contributed by atoms with Crippen LogP contribution in [0, 0.1) is 0 Å². The van der Waals surface area contributed by atoms with Gasteiger partial charge in [0.1, 0.15) is 5.75 Å². The third kappa shape index (κ3) is 4.06. The number of rotatable bonds is 5. The number of hydrogen-bond donors (Lipinski definition) is 0. The fourth-order valence-electron chi connectivity index (χ4n) is 1.33. The lowest BCUT2D eigenvalue weighted by atomic mass is 10.2. The van der Waals surface area contributed by atoms with E-state index < -0.39 is 15.6 Å². The monoisotopic (exact) mass is 304 g/mol. The average molecular weight is 305 g/mol. The largest absolute Gasteiger partial charge is 0.293 e. The maximum Gasteiger partial charge on any atom is 0.177 e. The van der Waals surface area contributed by atoms with Crippen molar-refractivity contribution < 1.29 is 13.2 Å². The number of halogens is 1. The summed E-state index contributed by atoms with van der Waals surface area (Å²) in [5, 5.41) is 0. The molecule has 0 bridgehead atoms. The quantitative estimate of drug-likeness (QED) is 0.785. The van der Waals surface area contributed by atoms with Crippen LogP contribution in [0.25, 0.3) is 0 Å². The number of carbonyl (C=O) groups excluding carboxylic acids is 1. The van der Waals surface area contributed by atoms with E-state index in [0.717, 1.165) is 4.47 Å². The topological polar surface area (TPSA) is 51.2 Å². The first-order chi connectivity index (χ1) is 7.44. The molecule has 0 aliphatic heterocycles. The summed E-state index contributed by atoms with van der Waals surface area (Å²) >= 11 is 3.24. The fourth-order valence-corrected chi connectivity index (χ4v) is 3.06. The minimum Gasteiger partial charge on any atom is -0.293 e. The lowest BCUT2D eigenvalue weighted by molar-refractivity contribution is 0.102. The van der Waals surface area contributed by atoms with E-state index >= 15 is 0 Å². The zero-order chi connectivity index (χ0) is 12.2. The highest BCUT2D eigenvalue weighted by atomic mass is 79.9. The lowest BCUT2D eigenvalue weighted by Gasteiger charge is -2.02. The second-order valence-corrected chi connectivity index (χ2v) is 6.63. The molecule has 0 spiro atoms. The summed E-state index contributed by atoms with van der Waals surface area (Å²) < 4.78 is 23.7. The van der Waals surface area contributed by atoms with Crippen LogP contribution in [0.3, 0.4) is 0 Å². The van der Waals surface area contributed by atoms with Crippen molar-refractivity contribution in [2.24, 2.45) is 0 Å². The van der Waals surface area contributed by atoms with Gasteiger partial charge in [-0.15, -0.1) is 0 Å². The number of hydrogen-bond acceptors (Lipinski definition) is 3. The Labute approximate surface area is 104 Å². The predicted molar refractivity (Wildman–Crippen MR) is 67.4 cm³/mol. The molecule has 0 radical (unpaired) electrons. The van der Waals surface area contributed by atoms with Crippen LogP contribution in [0.1, 0.15) is 23.7 Å². The number of Topliss-reactive ketones (excluding diaryl/α,β-unsaturated/α-hetero) is 1. The minimum absolute atomic E-state index is 0.0622. The summed E-state index contributed by atoms with van der Waals surface area (Å²) in [7, 11) is -3.26. The van der Waals surface area contributed by atoms with Crippen molar-refractivity contribution in [2.45, 2.75) is 13.3 Å². The van der Waals surface area contributed by atoms with E-state index in [2.05, 4.69) is 15.9 Å². The number of sulfone groups is 1. The Balaban J connectivity index is 2.81. The molecule has 0 fully saturated rings. The third-order valence-corrected chi connectivity index (χ3v) is 4.24. The Bertz CT molecular complexity index is 480. The van der Waals surface area contributed by atoms with Crippen molar-refractivity contribution in [1.82, 2.24) is 0 Å². The molecule has 1 aromatic carbocycles. The molecule has 0 amide bonds. The van der Waals surface area contributed by atoms with Crippen molar-refractivity contribution in [2.75, 3.05) is 11.5 Å². The SMILES string of the molecule is CCCS(=O)(=O)CC(=O)c1cccc(Br)c1. The number of ketones is 1. The van der Waals surface area contributed by atoms with Gasteiger partial charge in [-0.3, -0.25) is 4.79 Å². The van der Waals surface area contributed by atoms with Gasteiger partial charge in [0, 0.05) is 10.0 Å². The molecular weight excluding hydrogens is 292 g/mol. The van der Waals surface area contributed by atoms with Crippen LogP contribution >= 0.6 is 15.9 Å². The molecule has 0 aromatic heterocycles. The van der Waals surface area contributed by atoms with Crippen LogP contribution in [0.15, 0.2) is 28.7 Å². The van der Waals surface area contributed by atoms with E-state index in [1.807, 2.05) is 0 Å². The summed E-state index contributed by atoms with van der Waals surface area (Å²) in [5.41, 5.74) is 0.425. The lowest BCUT2D eigenvalue weighted by Crippen LogP contribution is -2.18. The van der Waals surface area contributed by atoms with Gasteiger partial charge in [-0.05, 0) is 18.6 Å². The predicted octanol–water partition coefficient (Wildman–Crippen LogP) is 2.46. The smallest absolute Gasteiger partial charge is 0.177 e. The summed E-state index contributed by atoms with van der Waals surface area (Å²) in [6, 6.07) is 6.75. The molecule has 0 aliphatic rings. The van der Waals surface area contributed by atoms with Crippen LogP contribution in [0.2, 0.25) is 0 Å². The summed E-state index contributed by atoms with van der Waals surface area (Å²) in [6.07, 6.45) is 0.536. The molecule has 0 heterocycles. The Kier molecular flexibility index (Phi) is 4.68. The first-order valence-corrected chi connectivity index (χ1v) is 7.55. The van der Waals surface area contributed by atoms with E-state index in [4.69, 9.17) is 0 Å². The molecule has 0 atom stereocenters. The van der Waals surface area contributed by atoms with Crippen molar-refractivity contribution in [3.05, 3.63) is 34.3 Å². The van der Waals surface area contributed by atoms with E-state index in [-0.39, 0.29) is 11.5 Å². The molecule has 1 aromatic rings. The Morgan fingerprint density at radius 2 is 2.06 bits per heavy atom. The van der Waals surface area contributed by atoms with E-state index in [1.54, 1.807) is 31.2 Å².